The van der Waals surface area contributed by atoms with Gasteiger partial charge >= 0.3 is 12.1 Å². The molecule has 3 aromatic rings. The van der Waals surface area contributed by atoms with Gasteiger partial charge in [-0.05, 0) is 56.1 Å². The Bertz CT molecular complexity index is 1170. The van der Waals surface area contributed by atoms with E-state index in [1.807, 2.05) is 47.2 Å². The van der Waals surface area contributed by atoms with Crippen LogP contribution in [0.4, 0.5) is 13.2 Å². The molecule has 2 atom stereocenters. The molecule has 1 aromatic carbocycles. The number of hydrogen-bond acceptors (Lipinski definition) is 5. The number of benzene rings is 1. The normalized spacial score (nSPS) is 21.6. The van der Waals surface area contributed by atoms with Gasteiger partial charge in [-0.2, -0.15) is 13.2 Å². The highest BCUT2D eigenvalue weighted by atomic mass is 19.4. The molecule has 2 N–H and O–H groups in total. The number of aromatic nitrogens is 3. The SMILES string of the molecule is O=C(NCc1ccc(-n2cnc3ccccc32)nc1)C12CCCN(CC1)C2.O=C(O)C(F)(F)F. The van der Waals surface area contributed by atoms with Crippen LogP contribution in [0.5, 0.6) is 0 Å². The maximum absolute atomic E-state index is 12.8. The van der Waals surface area contributed by atoms with Crippen molar-refractivity contribution in [3.05, 3.63) is 54.5 Å². The lowest BCUT2D eigenvalue weighted by Crippen LogP contribution is -2.45. The van der Waals surface area contributed by atoms with Gasteiger partial charge in [-0.25, -0.2) is 14.8 Å². The molecule has 2 aromatic heterocycles. The Morgan fingerprint density at radius 2 is 1.85 bits per heavy atom. The van der Waals surface area contributed by atoms with Crippen LogP contribution >= 0.6 is 0 Å². The summed E-state index contributed by atoms with van der Waals surface area (Å²) in [4.78, 5) is 33.1. The molecule has 2 aliphatic heterocycles. The van der Waals surface area contributed by atoms with Gasteiger partial charge in [0.15, 0.2) is 0 Å². The Hall–Kier alpha value is -3.47. The van der Waals surface area contributed by atoms with Gasteiger partial charge in [0.25, 0.3) is 0 Å². The first-order valence-corrected chi connectivity index (χ1v) is 10.9. The molecule has 1 amide bonds. The van der Waals surface area contributed by atoms with Crippen LogP contribution in [-0.4, -0.2) is 62.2 Å². The number of piperidine rings is 1. The quantitative estimate of drug-likeness (QED) is 0.601. The number of hydrogen-bond donors (Lipinski definition) is 2. The van der Waals surface area contributed by atoms with Crippen LogP contribution in [0.25, 0.3) is 16.9 Å². The molecule has 0 spiro atoms. The van der Waals surface area contributed by atoms with Gasteiger partial charge in [-0.1, -0.05) is 18.2 Å². The average molecular weight is 475 g/mol. The molecule has 2 unspecified atom stereocenters. The number of carboxylic acid groups (broad SMARTS) is 1. The zero-order chi connectivity index (χ0) is 24.3. The molecule has 180 valence electrons. The van der Waals surface area contributed by atoms with Crippen molar-refractivity contribution in [1.29, 1.82) is 0 Å². The summed E-state index contributed by atoms with van der Waals surface area (Å²) in [7, 11) is 0. The van der Waals surface area contributed by atoms with E-state index < -0.39 is 12.1 Å². The number of carboxylic acids is 1. The van der Waals surface area contributed by atoms with E-state index in [2.05, 4.69) is 20.2 Å². The highest BCUT2D eigenvalue weighted by Gasteiger charge is 2.46. The zero-order valence-corrected chi connectivity index (χ0v) is 18.3. The Kier molecular flexibility index (Phi) is 6.56. The van der Waals surface area contributed by atoms with E-state index in [0.717, 1.165) is 61.3 Å². The van der Waals surface area contributed by atoms with Crippen molar-refractivity contribution in [3.8, 4) is 5.82 Å². The summed E-state index contributed by atoms with van der Waals surface area (Å²) in [5, 5.41) is 10.3. The van der Waals surface area contributed by atoms with Crippen molar-refractivity contribution in [2.24, 2.45) is 5.41 Å². The number of alkyl halides is 3. The summed E-state index contributed by atoms with van der Waals surface area (Å²) in [5.41, 5.74) is 2.83. The number of rotatable bonds is 4. The number of halogens is 3. The van der Waals surface area contributed by atoms with Gasteiger partial charge in [0.05, 0.1) is 16.4 Å². The van der Waals surface area contributed by atoms with Gasteiger partial charge in [0.1, 0.15) is 12.1 Å². The second kappa shape index (κ2) is 9.41. The molecular formula is C23H24F3N5O3. The predicted molar refractivity (Wildman–Crippen MR) is 117 cm³/mol. The maximum atomic E-state index is 12.8. The molecule has 2 aliphatic rings. The molecular weight excluding hydrogens is 451 g/mol. The summed E-state index contributed by atoms with van der Waals surface area (Å²) in [6, 6.07) is 12.0. The number of carbonyl (C=O) groups is 2. The number of amides is 1. The molecule has 0 saturated carbocycles. The molecule has 8 nitrogen and oxygen atoms in total. The lowest BCUT2D eigenvalue weighted by Gasteiger charge is -2.32. The van der Waals surface area contributed by atoms with Crippen LogP contribution in [0.2, 0.25) is 0 Å². The second-order valence-corrected chi connectivity index (χ2v) is 8.52. The topological polar surface area (TPSA) is 100 Å². The van der Waals surface area contributed by atoms with Crippen molar-refractivity contribution >= 4 is 22.9 Å². The van der Waals surface area contributed by atoms with Gasteiger partial charge in [0, 0.05) is 19.3 Å². The Balaban J connectivity index is 0.000000344. The number of para-hydroxylation sites is 2. The molecule has 0 radical (unpaired) electrons. The van der Waals surface area contributed by atoms with E-state index in [1.165, 1.54) is 0 Å². The van der Waals surface area contributed by atoms with Crippen molar-refractivity contribution in [3.63, 3.8) is 0 Å². The van der Waals surface area contributed by atoms with E-state index in [4.69, 9.17) is 9.90 Å². The molecule has 4 heterocycles. The third kappa shape index (κ3) is 5.04. The highest BCUT2D eigenvalue weighted by Crippen LogP contribution is 2.39. The summed E-state index contributed by atoms with van der Waals surface area (Å²) < 4.78 is 33.7. The lowest BCUT2D eigenvalue weighted by atomic mass is 9.80. The Labute approximate surface area is 193 Å². The molecule has 2 fully saturated rings. The summed E-state index contributed by atoms with van der Waals surface area (Å²) in [5.74, 6) is -1.72. The maximum Gasteiger partial charge on any atom is 0.490 e. The van der Waals surface area contributed by atoms with E-state index in [1.54, 1.807) is 6.33 Å². The largest absolute Gasteiger partial charge is 0.490 e. The Morgan fingerprint density at radius 1 is 1.09 bits per heavy atom. The third-order valence-corrected chi connectivity index (χ3v) is 6.25. The minimum Gasteiger partial charge on any atom is -0.475 e. The fourth-order valence-electron chi connectivity index (χ4n) is 4.47. The number of imidazole rings is 1. The average Bonchev–Trinajstić information content (AvgIpc) is 3.38. The van der Waals surface area contributed by atoms with Gasteiger partial charge < -0.3 is 15.3 Å². The van der Waals surface area contributed by atoms with E-state index in [0.29, 0.717) is 6.54 Å². The summed E-state index contributed by atoms with van der Waals surface area (Å²) in [6.45, 7) is 3.65. The highest BCUT2D eigenvalue weighted by molar-refractivity contribution is 5.83. The van der Waals surface area contributed by atoms with Gasteiger partial charge in [-0.15, -0.1) is 0 Å². The second-order valence-electron chi connectivity index (χ2n) is 8.52. The molecule has 34 heavy (non-hydrogen) atoms. The molecule has 0 aliphatic carbocycles. The van der Waals surface area contributed by atoms with E-state index in [-0.39, 0.29) is 11.3 Å². The number of carbonyl (C=O) groups excluding carboxylic acids is 1. The number of aliphatic carboxylic acids is 1. The summed E-state index contributed by atoms with van der Waals surface area (Å²) >= 11 is 0. The van der Waals surface area contributed by atoms with Crippen molar-refractivity contribution in [2.75, 3.05) is 19.6 Å². The van der Waals surface area contributed by atoms with Crippen LogP contribution in [-0.2, 0) is 16.1 Å². The lowest BCUT2D eigenvalue weighted by molar-refractivity contribution is -0.192. The zero-order valence-electron chi connectivity index (χ0n) is 18.3. The van der Waals surface area contributed by atoms with Crippen LogP contribution in [0, 0.1) is 5.41 Å². The standard InChI is InChI=1S/C21H23N5O.C2HF3O2/c27-20(21-8-3-10-25(14-21)11-9-21)23-13-16-6-7-19(22-12-16)26-15-24-17-4-1-2-5-18(17)26;3-2(4,5)1(6)7/h1-2,4-7,12,15H,3,8-11,13-14H2,(H,23,27);(H,6,7). The molecule has 2 saturated heterocycles. The monoisotopic (exact) mass is 475 g/mol. The van der Waals surface area contributed by atoms with Crippen molar-refractivity contribution < 1.29 is 27.9 Å². The van der Waals surface area contributed by atoms with Crippen LogP contribution in [0.3, 0.4) is 0 Å². The number of fused-ring (bicyclic) bond motifs is 3. The number of pyridine rings is 1. The molecule has 2 bridgehead atoms. The van der Waals surface area contributed by atoms with Crippen LogP contribution in [0.15, 0.2) is 48.9 Å². The van der Waals surface area contributed by atoms with E-state index in [9.17, 15) is 18.0 Å². The van der Waals surface area contributed by atoms with Gasteiger partial charge in [-0.3, -0.25) is 9.36 Å². The van der Waals surface area contributed by atoms with Crippen molar-refractivity contribution in [2.45, 2.75) is 32.0 Å². The fourth-order valence-corrected chi connectivity index (χ4v) is 4.47. The minimum atomic E-state index is -5.08. The Morgan fingerprint density at radius 3 is 2.56 bits per heavy atom. The van der Waals surface area contributed by atoms with Crippen LogP contribution in [0.1, 0.15) is 24.8 Å². The van der Waals surface area contributed by atoms with Gasteiger partial charge in [0.2, 0.25) is 5.91 Å². The minimum absolute atomic E-state index is 0.165. The van der Waals surface area contributed by atoms with Crippen LogP contribution < -0.4 is 5.32 Å². The first-order valence-electron chi connectivity index (χ1n) is 10.9. The number of nitrogens with one attached hydrogen (secondary N) is 1. The van der Waals surface area contributed by atoms with Crippen molar-refractivity contribution in [1.82, 2.24) is 24.8 Å². The summed E-state index contributed by atoms with van der Waals surface area (Å²) in [6.07, 6.45) is 1.68. The first-order chi connectivity index (χ1) is 16.2. The van der Waals surface area contributed by atoms with E-state index >= 15 is 0 Å². The fraction of sp³-hybridized carbons (Fsp3) is 0.391. The molecule has 11 heteroatoms. The predicted octanol–water partition coefficient (Wildman–Crippen LogP) is 3.16. The third-order valence-electron chi connectivity index (χ3n) is 6.25. The molecule has 5 rings (SSSR count). The smallest absolute Gasteiger partial charge is 0.475 e. The first kappa shape index (κ1) is 23.7. The number of nitrogens with zero attached hydrogens (tertiary/aromatic N) is 4.